The lowest BCUT2D eigenvalue weighted by atomic mass is 9.65. The van der Waals surface area contributed by atoms with Crippen LogP contribution in [0.2, 0.25) is 0 Å². The van der Waals surface area contributed by atoms with Gasteiger partial charge in [-0.3, -0.25) is 9.59 Å². The van der Waals surface area contributed by atoms with Crippen LogP contribution in [0.15, 0.2) is 24.3 Å². The molecule has 1 saturated carbocycles. The fraction of sp³-hybridized carbons (Fsp3) is 0.471. The number of hydrogen-bond acceptors (Lipinski definition) is 3. The number of amides is 1. The van der Waals surface area contributed by atoms with Crippen LogP contribution in [0.3, 0.4) is 0 Å². The lowest BCUT2D eigenvalue weighted by Gasteiger charge is -2.37. The molecule has 2 rings (SSSR count). The van der Waals surface area contributed by atoms with Gasteiger partial charge in [-0.1, -0.05) is 26.0 Å². The predicted octanol–water partition coefficient (Wildman–Crippen LogP) is 2.85. The molecule has 0 bridgehead atoms. The first-order valence-electron chi connectivity index (χ1n) is 7.48. The molecule has 0 aliphatic heterocycles. The normalized spacial score (nSPS) is 25.8. The predicted molar refractivity (Wildman–Crippen MR) is 84.3 cm³/mol. The third-order valence-corrected chi connectivity index (χ3v) is 5.43. The molecule has 1 aliphatic carbocycles. The van der Waals surface area contributed by atoms with Crippen molar-refractivity contribution >= 4 is 23.5 Å². The summed E-state index contributed by atoms with van der Waals surface area (Å²) in [6, 6.07) is 6.17. The molecule has 3 N–H and O–H groups in total. The highest BCUT2D eigenvalue weighted by molar-refractivity contribution is 6.01. The molecule has 124 valence electrons. The van der Waals surface area contributed by atoms with Crippen molar-refractivity contribution in [2.75, 3.05) is 5.32 Å². The summed E-state index contributed by atoms with van der Waals surface area (Å²) < 4.78 is 0. The smallest absolute Gasteiger partial charge is 0.337 e. The molecule has 0 saturated heterocycles. The van der Waals surface area contributed by atoms with E-state index in [0.717, 1.165) is 0 Å². The van der Waals surface area contributed by atoms with Crippen molar-refractivity contribution < 1.29 is 24.6 Å². The number of aromatic carboxylic acids is 1. The summed E-state index contributed by atoms with van der Waals surface area (Å²) in [6.45, 7) is 5.22. The molecule has 23 heavy (non-hydrogen) atoms. The molecular weight excluding hydrogens is 298 g/mol. The topological polar surface area (TPSA) is 104 Å². The van der Waals surface area contributed by atoms with Crippen LogP contribution in [0.5, 0.6) is 0 Å². The number of benzene rings is 1. The monoisotopic (exact) mass is 319 g/mol. The molecule has 1 fully saturated rings. The summed E-state index contributed by atoms with van der Waals surface area (Å²) >= 11 is 0. The number of carbonyl (C=O) groups is 3. The van der Waals surface area contributed by atoms with E-state index in [4.69, 9.17) is 0 Å². The molecule has 0 heterocycles. The second-order valence-electron chi connectivity index (χ2n) is 6.79. The van der Waals surface area contributed by atoms with Crippen LogP contribution in [-0.2, 0) is 9.59 Å². The van der Waals surface area contributed by atoms with E-state index in [1.165, 1.54) is 12.1 Å². The molecule has 0 spiro atoms. The number of hydrogen-bond donors (Lipinski definition) is 3. The molecule has 0 unspecified atom stereocenters. The van der Waals surface area contributed by atoms with E-state index >= 15 is 0 Å². The Morgan fingerprint density at radius 2 is 1.74 bits per heavy atom. The van der Waals surface area contributed by atoms with Gasteiger partial charge < -0.3 is 15.5 Å². The van der Waals surface area contributed by atoms with Crippen LogP contribution < -0.4 is 5.32 Å². The van der Waals surface area contributed by atoms with Crippen LogP contribution in [0.4, 0.5) is 5.69 Å². The number of rotatable bonds is 4. The number of aliphatic carboxylic acids is 1. The van der Waals surface area contributed by atoms with Crippen LogP contribution in [0.25, 0.3) is 0 Å². The number of carboxylic acids is 2. The molecule has 1 aromatic rings. The Hall–Kier alpha value is -2.37. The van der Waals surface area contributed by atoms with E-state index < -0.39 is 28.7 Å². The maximum atomic E-state index is 12.6. The van der Waals surface area contributed by atoms with E-state index in [1.54, 1.807) is 32.9 Å². The van der Waals surface area contributed by atoms with Crippen molar-refractivity contribution in [3.63, 3.8) is 0 Å². The maximum Gasteiger partial charge on any atom is 0.337 e. The molecule has 1 aliphatic rings. The summed E-state index contributed by atoms with van der Waals surface area (Å²) in [7, 11) is 0. The Labute approximate surface area is 134 Å². The van der Waals surface area contributed by atoms with E-state index in [-0.39, 0.29) is 17.2 Å². The molecular formula is C17H21NO5. The van der Waals surface area contributed by atoms with Gasteiger partial charge in [-0.25, -0.2) is 4.79 Å². The van der Waals surface area contributed by atoms with Gasteiger partial charge in [0, 0.05) is 5.92 Å². The molecule has 1 amide bonds. The zero-order chi connectivity index (χ0) is 17.4. The van der Waals surface area contributed by atoms with Gasteiger partial charge in [-0.05, 0) is 37.3 Å². The fourth-order valence-electron chi connectivity index (χ4n) is 3.34. The summed E-state index contributed by atoms with van der Waals surface area (Å²) in [5.41, 5.74) is -1.48. The second-order valence-corrected chi connectivity index (χ2v) is 6.79. The van der Waals surface area contributed by atoms with Gasteiger partial charge >= 0.3 is 11.9 Å². The summed E-state index contributed by atoms with van der Waals surface area (Å²) in [5.74, 6) is -2.87. The SMILES string of the molecule is CC1(C)[C@@H](C(=O)Nc2ccccc2C(=O)O)CC[C@@]1(C)C(=O)O. The Bertz CT molecular complexity index is 667. The average molecular weight is 319 g/mol. The minimum atomic E-state index is -1.12. The fourth-order valence-corrected chi connectivity index (χ4v) is 3.34. The number of carboxylic acid groups (broad SMARTS) is 2. The standard InChI is InChI=1S/C17H21NO5/c1-16(2)11(8-9-17(16,3)15(22)23)13(19)18-12-7-5-4-6-10(12)14(20)21/h4-7,11H,8-9H2,1-3H3,(H,18,19)(H,20,21)(H,22,23)/t11-,17+/m1/s1. The van der Waals surface area contributed by atoms with Crippen LogP contribution >= 0.6 is 0 Å². The molecule has 0 aromatic heterocycles. The minimum Gasteiger partial charge on any atom is -0.481 e. The lowest BCUT2D eigenvalue weighted by Crippen LogP contribution is -2.43. The number of anilines is 1. The first-order chi connectivity index (χ1) is 10.6. The number of para-hydroxylation sites is 1. The van der Waals surface area contributed by atoms with Gasteiger partial charge in [-0.15, -0.1) is 0 Å². The van der Waals surface area contributed by atoms with Gasteiger partial charge in [0.25, 0.3) is 0 Å². The van der Waals surface area contributed by atoms with Crippen molar-refractivity contribution in [1.82, 2.24) is 0 Å². The van der Waals surface area contributed by atoms with Gasteiger partial charge in [0.1, 0.15) is 0 Å². The Morgan fingerprint density at radius 1 is 1.13 bits per heavy atom. The highest BCUT2D eigenvalue weighted by Crippen LogP contribution is 2.56. The molecule has 6 heteroatoms. The zero-order valence-electron chi connectivity index (χ0n) is 13.4. The highest BCUT2D eigenvalue weighted by Gasteiger charge is 2.58. The third-order valence-electron chi connectivity index (χ3n) is 5.43. The van der Waals surface area contributed by atoms with Crippen molar-refractivity contribution in [2.24, 2.45) is 16.7 Å². The first kappa shape index (κ1) is 17.0. The van der Waals surface area contributed by atoms with Crippen LogP contribution in [0, 0.1) is 16.7 Å². The summed E-state index contributed by atoms with van der Waals surface area (Å²) in [4.78, 5) is 35.4. The molecule has 2 atom stereocenters. The number of nitrogens with one attached hydrogen (secondary N) is 1. The third kappa shape index (κ3) is 2.69. The number of carbonyl (C=O) groups excluding carboxylic acids is 1. The van der Waals surface area contributed by atoms with Gasteiger partial charge in [0.2, 0.25) is 5.91 Å². The van der Waals surface area contributed by atoms with E-state index in [1.807, 2.05) is 0 Å². The van der Waals surface area contributed by atoms with E-state index in [0.29, 0.717) is 12.8 Å². The average Bonchev–Trinajstić information content (AvgIpc) is 2.71. The highest BCUT2D eigenvalue weighted by atomic mass is 16.4. The van der Waals surface area contributed by atoms with E-state index in [9.17, 15) is 24.6 Å². The first-order valence-corrected chi connectivity index (χ1v) is 7.48. The van der Waals surface area contributed by atoms with E-state index in [2.05, 4.69) is 5.32 Å². The Kier molecular flexibility index (Phi) is 4.20. The maximum absolute atomic E-state index is 12.6. The minimum absolute atomic E-state index is 0.0117. The van der Waals surface area contributed by atoms with Crippen LogP contribution in [-0.4, -0.2) is 28.1 Å². The molecule has 6 nitrogen and oxygen atoms in total. The summed E-state index contributed by atoms with van der Waals surface area (Å²) in [5, 5.41) is 21.3. The van der Waals surface area contributed by atoms with Gasteiger partial charge in [0.15, 0.2) is 0 Å². The lowest BCUT2D eigenvalue weighted by molar-refractivity contribution is -0.154. The van der Waals surface area contributed by atoms with Crippen molar-refractivity contribution in [3.05, 3.63) is 29.8 Å². The van der Waals surface area contributed by atoms with Crippen molar-refractivity contribution in [1.29, 1.82) is 0 Å². The van der Waals surface area contributed by atoms with Crippen molar-refractivity contribution in [3.8, 4) is 0 Å². The van der Waals surface area contributed by atoms with Crippen molar-refractivity contribution in [2.45, 2.75) is 33.6 Å². The Balaban J connectivity index is 2.26. The molecule has 1 aromatic carbocycles. The van der Waals surface area contributed by atoms with Crippen LogP contribution in [0.1, 0.15) is 44.0 Å². The quantitative estimate of drug-likeness (QED) is 0.791. The molecule has 0 radical (unpaired) electrons. The Morgan fingerprint density at radius 3 is 2.26 bits per heavy atom. The van der Waals surface area contributed by atoms with Gasteiger partial charge in [0.05, 0.1) is 16.7 Å². The zero-order valence-corrected chi connectivity index (χ0v) is 13.4. The second kappa shape index (κ2) is 5.68. The van der Waals surface area contributed by atoms with Gasteiger partial charge in [-0.2, -0.15) is 0 Å². The summed E-state index contributed by atoms with van der Waals surface area (Å²) in [6.07, 6.45) is 0.866. The largest absolute Gasteiger partial charge is 0.481 e.